The van der Waals surface area contributed by atoms with Crippen LogP contribution in [0.1, 0.15) is 6.42 Å². The molecule has 108 valence electrons. The maximum Gasteiger partial charge on any atom is 0.246 e. The molecule has 0 aliphatic carbocycles. The van der Waals surface area contributed by atoms with Crippen molar-refractivity contribution in [1.82, 2.24) is 4.31 Å². The molecule has 9 heteroatoms. The number of halogens is 4. The van der Waals surface area contributed by atoms with Crippen molar-refractivity contribution in [3.8, 4) is 0 Å². The average Bonchev–Trinajstić information content (AvgIpc) is 2.63. The maximum absolute atomic E-state index is 12.4. The lowest BCUT2D eigenvalue weighted by Gasteiger charge is -2.18. The second-order valence-electron chi connectivity index (χ2n) is 4.11. The summed E-state index contributed by atoms with van der Waals surface area (Å²) in [6, 6.07) is 2.89. The van der Waals surface area contributed by atoms with Gasteiger partial charge in [-0.15, -0.1) is 12.4 Å². The van der Waals surface area contributed by atoms with Crippen LogP contribution in [0.2, 0.25) is 10.0 Å². The number of benzene rings is 1. The summed E-state index contributed by atoms with van der Waals surface area (Å²) in [7, 11) is -3.68. The number of nitrogens with two attached hydrogens (primary N) is 1. The Labute approximate surface area is 136 Å². The van der Waals surface area contributed by atoms with Gasteiger partial charge in [-0.3, -0.25) is 0 Å². The van der Waals surface area contributed by atoms with Gasteiger partial charge >= 0.3 is 0 Å². The fourth-order valence-corrected chi connectivity index (χ4v) is 5.27. The van der Waals surface area contributed by atoms with E-state index < -0.39 is 10.0 Å². The fourth-order valence-electron chi connectivity index (χ4n) is 1.88. The van der Waals surface area contributed by atoms with E-state index in [1.165, 1.54) is 16.4 Å². The molecule has 0 amide bonds. The molecule has 0 bridgehead atoms. The van der Waals surface area contributed by atoms with Gasteiger partial charge in [0.05, 0.1) is 10.0 Å². The summed E-state index contributed by atoms with van der Waals surface area (Å²) in [5, 5.41) is 0.213. The predicted molar refractivity (Wildman–Crippen MR) is 82.8 cm³/mol. The van der Waals surface area contributed by atoms with Gasteiger partial charge in [0.2, 0.25) is 10.0 Å². The van der Waals surface area contributed by atoms with Crippen LogP contribution in [0.15, 0.2) is 21.5 Å². The van der Waals surface area contributed by atoms with Gasteiger partial charge in [-0.25, -0.2) is 8.42 Å². The van der Waals surface area contributed by atoms with Crippen molar-refractivity contribution >= 4 is 61.6 Å². The van der Waals surface area contributed by atoms with E-state index in [4.69, 9.17) is 28.9 Å². The average molecular weight is 411 g/mol. The van der Waals surface area contributed by atoms with Crippen LogP contribution in [0.3, 0.4) is 0 Å². The molecular weight excluding hydrogens is 398 g/mol. The summed E-state index contributed by atoms with van der Waals surface area (Å²) in [4.78, 5) is -0.0527. The van der Waals surface area contributed by atoms with Crippen LogP contribution in [0.25, 0.3) is 0 Å². The molecule has 1 aliphatic rings. The van der Waals surface area contributed by atoms with Crippen molar-refractivity contribution < 1.29 is 8.42 Å². The summed E-state index contributed by atoms with van der Waals surface area (Å²) < 4.78 is 26.8. The Hall–Kier alpha value is 0.440. The molecule has 0 aromatic heterocycles. The van der Waals surface area contributed by atoms with Crippen LogP contribution in [-0.4, -0.2) is 31.9 Å². The molecule has 1 aromatic rings. The van der Waals surface area contributed by atoms with Crippen LogP contribution in [0.5, 0.6) is 0 Å². The minimum Gasteiger partial charge on any atom is -0.326 e. The molecule has 1 atom stereocenters. The molecule has 0 spiro atoms. The lowest BCUT2D eigenvalue weighted by Crippen LogP contribution is -2.32. The Morgan fingerprint density at radius 2 is 1.84 bits per heavy atom. The van der Waals surface area contributed by atoms with Crippen LogP contribution in [0.4, 0.5) is 0 Å². The molecule has 1 fully saturated rings. The Bertz CT molecular complexity index is 559. The number of hydrogen-bond acceptors (Lipinski definition) is 3. The largest absolute Gasteiger partial charge is 0.326 e. The number of nitrogens with zero attached hydrogens (tertiary/aromatic N) is 1. The van der Waals surface area contributed by atoms with Crippen LogP contribution >= 0.6 is 51.5 Å². The van der Waals surface area contributed by atoms with Crippen LogP contribution in [0, 0.1) is 0 Å². The van der Waals surface area contributed by atoms with E-state index in [9.17, 15) is 8.42 Å². The highest BCUT2D eigenvalue weighted by atomic mass is 79.9. The van der Waals surface area contributed by atoms with Crippen LogP contribution < -0.4 is 5.73 Å². The topological polar surface area (TPSA) is 63.4 Å². The Kier molecular flexibility index (Phi) is 5.96. The Morgan fingerprint density at radius 3 is 2.26 bits per heavy atom. The number of rotatable bonds is 2. The zero-order chi connectivity index (χ0) is 13.5. The van der Waals surface area contributed by atoms with E-state index in [0.717, 1.165) is 0 Å². The molecule has 1 aromatic carbocycles. The van der Waals surface area contributed by atoms with E-state index in [1.807, 2.05) is 0 Å². The van der Waals surface area contributed by atoms with Crippen molar-refractivity contribution in [3.63, 3.8) is 0 Å². The molecule has 1 heterocycles. The molecule has 0 radical (unpaired) electrons. The summed E-state index contributed by atoms with van der Waals surface area (Å²) in [6.07, 6.45) is 0.644. The van der Waals surface area contributed by atoms with E-state index in [-0.39, 0.29) is 33.4 Å². The summed E-state index contributed by atoms with van der Waals surface area (Å²) in [5.41, 5.74) is 5.72. The van der Waals surface area contributed by atoms with Gasteiger partial charge in [0.1, 0.15) is 4.90 Å². The van der Waals surface area contributed by atoms with Crippen molar-refractivity contribution in [2.45, 2.75) is 17.4 Å². The minimum absolute atomic E-state index is 0. The van der Waals surface area contributed by atoms with E-state index in [0.29, 0.717) is 24.0 Å². The highest BCUT2D eigenvalue weighted by Crippen LogP contribution is 2.35. The smallest absolute Gasteiger partial charge is 0.246 e. The number of hydrogen-bond donors (Lipinski definition) is 1. The van der Waals surface area contributed by atoms with Crippen molar-refractivity contribution in [1.29, 1.82) is 0 Å². The zero-order valence-corrected chi connectivity index (χ0v) is 14.4. The third-order valence-electron chi connectivity index (χ3n) is 2.75. The Morgan fingerprint density at radius 1 is 1.32 bits per heavy atom. The van der Waals surface area contributed by atoms with Gasteiger partial charge in [0.25, 0.3) is 0 Å². The maximum atomic E-state index is 12.4. The van der Waals surface area contributed by atoms with Crippen molar-refractivity contribution in [2.24, 2.45) is 5.73 Å². The van der Waals surface area contributed by atoms with Gasteiger partial charge in [-0.05, 0) is 18.6 Å². The van der Waals surface area contributed by atoms with Crippen molar-refractivity contribution in [3.05, 3.63) is 26.7 Å². The van der Waals surface area contributed by atoms with Crippen molar-refractivity contribution in [2.75, 3.05) is 13.1 Å². The summed E-state index contributed by atoms with van der Waals surface area (Å²) >= 11 is 15.2. The Balaban J connectivity index is 0.00000180. The first kappa shape index (κ1) is 17.5. The lowest BCUT2D eigenvalue weighted by molar-refractivity contribution is 0.472. The molecule has 0 saturated carbocycles. The SMILES string of the molecule is Cl.N[C@H]1CCN(S(=O)(=O)c2c(Cl)cc(Br)cc2Cl)C1. The third kappa shape index (κ3) is 3.56. The van der Waals surface area contributed by atoms with Gasteiger partial charge in [-0.1, -0.05) is 39.1 Å². The standard InChI is InChI=1S/C10H11BrCl2N2O2S.ClH/c11-6-3-8(12)10(9(13)4-6)18(16,17)15-2-1-7(14)5-15;/h3-4,7H,1-2,5,14H2;1H/t7-;/m0./s1. The molecule has 0 unspecified atom stereocenters. The lowest BCUT2D eigenvalue weighted by atomic mass is 10.3. The van der Waals surface area contributed by atoms with E-state index in [1.54, 1.807) is 0 Å². The number of sulfonamides is 1. The first-order chi connectivity index (χ1) is 8.32. The molecule has 2 N–H and O–H groups in total. The quantitative estimate of drug-likeness (QED) is 0.815. The minimum atomic E-state index is -3.68. The highest BCUT2D eigenvalue weighted by molar-refractivity contribution is 9.10. The monoisotopic (exact) mass is 408 g/mol. The summed E-state index contributed by atoms with van der Waals surface area (Å²) in [6.45, 7) is 0.692. The van der Waals surface area contributed by atoms with Crippen LogP contribution in [-0.2, 0) is 10.0 Å². The molecule has 19 heavy (non-hydrogen) atoms. The second-order valence-corrected chi connectivity index (χ2v) is 7.72. The second kappa shape index (κ2) is 6.47. The molecule has 1 aliphatic heterocycles. The first-order valence-corrected chi connectivity index (χ1v) is 8.21. The molecule has 4 nitrogen and oxygen atoms in total. The summed E-state index contributed by atoms with van der Waals surface area (Å²) in [5.74, 6) is 0. The predicted octanol–water partition coefficient (Wildman–Crippen LogP) is 2.90. The first-order valence-electron chi connectivity index (χ1n) is 5.22. The molecule has 2 rings (SSSR count). The van der Waals surface area contributed by atoms with Gasteiger partial charge in [0.15, 0.2) is 0 Å². The van der Waals surface area contributed by atoms with Gasteiger partial charge < -0.3 is 5.73 Å². The van der Waals surface area contributed by atoms with Gasteiger partial charge in [0, 0.05) is 23.6 Å². The highest BCUT2D eigenvalue weighted by Gasteiger charge is 2.34. The van der Waals surface area contributed by atoms with E-state index in [2.05, 4.69) is 15.9 Å². The van der Waals surface area contributed by atoms with Gasteiger partial charge in [-0.2, -0.15) is 4.31 Å². The van der Waals surface area contributed by atoms with E-state index >= 15 is 0 Å². The zero-order valence-electron chi connectivity index (χ0n) is 9.64. The molecule has 1 saturated heterocycles. The molecular formula is C10H12BrCl3N2O2S. The third-order valence-corrected chi connectivity index (χ3v) is 5.99. The normalized spacial score (nSPS) is 20.3. The fraction of sp³-hybridized carbons (Fsp3) is 0.400.